The van der Waals surface area contributed by atoms with Crippen LogP contribution in [0.5, 0.6) is 5.75 Å². The van der Waals surface area contributed by atoms with E-state index in [9.17, 15) is 5.11 Å². The van der Waals surface area contributed by atoms with Gasteiger partial charge in [-0.25, -0.2) is 0 Å². The minimum Gasteiger partial charge on any atom is -0.491 e. The first-order chi connectivity index (χ1) is 8.11. The molecule has 0 aliphatic rings. The second-order valence-electron chi connectivity index (χ2n) is 4.20. The van der Waals surface area contributed by atoms with Gasteiger partial charge in [-0.3, -0.25) is 0 Å². The first kappa shape index (κ1) is 14.4. The monoisotopic (exact) mass is 255 g/mol. The van der Waals surface area contributed by atoms with E-state index < -0.39 is 6.10 Å². The summed E-state index contributed by atoms with van der Waals surface area (Å²) in [5.74, 6) is 0.798. The van der Waals surface area contributed by atoms with Gasteiger partial charge in [0.05, 0.1) is 0 Å². The highest BCUT2D eigenvalue weighted by Crippen LogP contribution is 2.18. The van der Waals surface area contributed by atoms with E-state index >= 15 is 0 Å². The summed E-state index contributed by atoms with van der Waals surface area (Å²) in [5.41, 5.74) is 0. The van der Waals surface area contributed by atoms with Crippen LogP contribution in [0, 0.1) is 0 Å². The molecular formula is C13H21NO2S. The summed E-state index contributed by atoms with van der Waals surface area (Å²) in [5, 5.41) is 12.8. The first-order valence-electron chi connectivity index (χ1n) is 5.80. The Kier molecular flexibility index (Phi) is 6.40. The molecule has 0 heterocycles. The van der Waals surface area contributed by atoms with E-state index in [0.717, 1.165) is 5.75 Å². The molecule has 1 aromatic carbocycles. The second-order valence-corrected chi connectivity index (χ2v) is 5.08. The largest absolute Gasteiger partial charge is 0.491 e. The average Bonchev–Trinajstić information content (AvgIpc) is 2.34. The van der Waals surface area contributed by atoms with Gasteiger partial charge in [-0.2, -0.15) is 0 Å². The topological polar surface area (TPSA) is 41.5 Å². The van der Waals surface area contributed by atoms with Crippen LogP contribution in [0.25, 0.3) is 0 Å². The van der Waals surface area contributed by atoms with Crippen molar-refractivity contribution in [3.05, 3.63) is 24.3 Å². The molecule has 0 bridgehead atoms. The molecule has 0 saturated heterocycles. The van der Waals surface area contributed by atoms with Gasteiger partial charge in [-0.05, 0) is 30.5 Å². The van der Waals surface area contributed by atoms with Gasteiger partial charge in [-0.1, -0.05) is 13.8 Å². The lowest BCUT2D eigenvalue weighted by Gasteiger charge is -2.15. The highest BCUT2D eigenvalue weighted by atomic mass is 32.2. The Morgan fingerprint density at radius 2 is 1.94 bits per heavy atom. The molecule has 0 radical (unpaired) electrons. The number of benzene rings is 1. The van der Waals surface area contributed by atoms with Crippen LogP contribution in [-0.2, 0) is 0 Å². The van der Waals surface area contributed by atoms with Crippen molar-refractivity contribution in [2.24, 2.45) is 0 Å². The van der Waals surface area contributed by atoms with Crippen LogP contribution in [0.4, 0.5) is 0 Å². The molecule has 0 aromatic heterocycles. The quantitative estimate of drug-likeness (QED) is 0.733. The molecule has 0 fully saturated rings. The van der Waals surface area contributed by atoms with Crippen LogP contribution in [-0.4, -0.2) is 36.7 Å². The van der Waals surface area contributed by atoms with Gasteiger partial charge in [0.15, 0.2) is 0 Å². The van der Waals surface area contributed by atoms with E-state index in [1.165, 1.54) is 4.90 Å². The maximum absolute atomic E-state index is 9.67. The fourth-order valence-electron chi connectivity index (χ4n) is 1.30. The number of aliphatic hydroxyl groups is 1. The number of hydrogen-bond donors (Lipinski definition) is 2. The summed E-state index contributed by atoms with van der Waals surface area (Å²) < 4.78 is 5.50. The van der Waals surface area contributed by atoms with Crippen molar-refractivity contribution < 1.29 is 9.84 Å². The summed E-state index contributed by atoms with van der Waals surface area (Å²) in [4.78, 5) is 1.21. The Balaban J connectivity index is 2.29. The highest BCUT2D eigenvalue weighted by Gasteiger charge is 2.05. The number of thioether (sulfide) groups is 1. The van der Waals surface area contributed by atoms with Gasteiger partial charge >= 0.3 is 0 Å². The van der Waals surface area contributed by atoms with Crippen molar-refractivity contribution in [2.75, 3.05) is 19.4 Å². The Morgan fingerprint density at radius 1 is 1.29 bits per heavy atom. The predicted octanol–water partition coefficient (Wildman–Crippen LogP) is 2.15. The number of hydrogen-bond acceptors (Lipinski definition) is 4. The van der Waals surface area contributed by atoms with Crippen molar-refractivity contribution in [3.63, 3.8) is 0 Å². The number of nitrogens with one attached hydrogen (secondary N) is 1. The average molecular weight is 255 g/mol. The van der Waals surface area contributed by atoms with Gasteiger partial charge in [0.25, 0.3) is 0 Å². The van der Waals surface area contributed by atoms with Crippen LogP contribution in [0.1, 0.15) is 13.8 Å². The minimum atomic E-state index is -0.474. The number of ether oxygens (including phenoxy) is 1. The normalized spacial score (nSPS) is 12.8. The highest BCUT2D eigenvalue weighted by molar-refractivity contribution is 7.98. The van der Waals surface area contributed by atoms with Crippen molar-refractivity contribution >= 4 is 11.8 Å². The van der Waals surface area contributed by atoms with Crippen molar-refractivity contribution in [1.82, 2.24) is 5.32 Å². The van der Waals surface area contributed by atoms with Crippen LogP contribution in [0.15, 0.2) is 29.2 Å². The maximum Gasteiger partial charge on any atom is 0.119 e. The van der Waals surface area contributed by atoms with E-state index in [4.69, 9.17) is 4.74 Å². The Morgan fingerprint density at radius 3 is 2.47 bits per heavy atom. The maximum atomic E-state index is 9.67. The number of aliphatic hydroxyl groups excluding tert-OH is 1. The lowest BCUT2D eigenvalue weighted by molar-refractivity contribution is 0.104. The van der Waals surface area contributed by atoms with E-state index in [1.54, 1.807) is 11.8 Å². The Hall–Kier alpha value is -0.710. The Labute approximate surface area is 108 Å². The summed E-state index contributed by atoms with van der Waals surface area (Å²) in [6.45, 7) is 4.97. The molecule has 1 rings (SSSR count). The fraction of sp³-hybridized carbons (Fsp3) is 0.538. The number of rotatable bonds is 7. The van der Waals surface area contributed by atoms with Crippen molar-refractivity contribution in [2.45, 2.75) is 30.9 Å². The molecule has 0 amide bonds. The third-order valence-electron chi connectivity index (χ3n) is 2.26. The second kappa shape index (κ2) is 7.58. The molecule has 3 nitrogen and oxygen atoms in total. The van der Waals surface area contributed by atoms with Gasteiger partial charge in [0.1, 0.15) is 18.5 Å². The van der Waals surface area contributed by atoms with Gasteiger partial charge in [0.2, 0.25) is 0 Å². The zero-order chi connectivity index (χ0) is 12.7. The minimum absolute atomic E-state index is 0.318. The molecule has 1 aromatic rings. The van der Waals surface area contributed by atoms with Crippen molar-refractivity contribution in [1.29, 1.82) is 0 Å². The molecule has 2 N–H and O–H groups in total. The summed E-state index contributed by atoms with van der Waals surface area (Å²) in [6, 6.07) is 8.26. The van der Waals surface area contributed by atoms with Crippen LogP contribution < -0.4 is 10.1 Å². The predicted molar refractivity (Wildman–Crippen MR) is 72.9 cm³/mol. The fourth-order valence-corrected chi connectivity index (χ4v) is 1.70. The molecule has 0 spiro atoms. The van der Waals surface area contributed by atoms with E-state index in [-0.39, 0.29) is 0 Å². The summed E-state index contributed by atoms with van der Waals surface area (Å²) >= 11 is 1.70. The summed E-state index contributed by atoms with van der Waals surface area (Å²) in [7, 11) is 0. The van der Waals surface area contributed by atoms with Gasteiger partial charge in [-0.15, -0.1) is 11.8 Å². The molecule has 0 aliphatic carbocycles. The third kappa shape index (κ3) is 5.96. The van der Waals surface area contributed by atoms with Crippen LogP contribution in [0.3, 0.4) is 0 Å². The molecule has 96 valence electrons. The smallest absolute Gasteiger partial charge is 0.119 e. The summed E-state index contributed by atoms with van der Waals surface area (Å²) in [6.07, 6.45) is 1.56. The van der Waals surface area contributed by atoms with E-state index in [2.05, 4.69) is 19.2 Å². The zero-order valence-corrected chi connectivity index (χ0v) is 11.5. The standard InChI is InChI=1S/C13H21NO2S/c1-10(2)14-8-11(15)9-16-12-4-6-13(17-3)7-5-12/h4-7,10-11,14-15H,8-9H2,1-3H3. The van der Waals surface area contributed by atoms with Crippen molar-refractivity contribution in [3.8, 4) is 5.75 Å². The molecule has 4 heteroatoms. The molecule has 0 saturated carbocycles. The van der Waals surface area contributed by atoms with Gasteiger partial charge < -0.3 is 15.2 Å². The van der Waals surface area contributed by atoms with E-state index in [0.29, 0.717) is 19.2 Å². The molecule has 0 aliphatic heterocycles. The van der Waals surface area contributed by atoms with Crippen LogP contribution >= 0.6 is 11.8 Å². The third-order valence-corrected chi connectivity index (χ3v) is 3.01. The van der Waals surface area contributed by atoms with Crippen LogP contribution in [0.2, 0.25) is 0 Å². The molecular weight excluding hydrogens is 234 g/mol. The zero-order valence-electron chi connectivity index (χ0n) is 10.6. The van der Waals surface area contributed by atoms with Gasteiger partial charge in [0, 0.05) is 17.5 Å². The molecule has 17 heavy (non-hydrogen) atoms. The molecule has 1 atom stereocenters. The lowest BCUT2D eigenvalue weighted by atomic mass is 10.3. The SMILES string of the molecule is CSc1ccc(OCC(O)CNC(C)C)cc1. The lowest BCUT2D eigenvalue weighted by Crippen LogP contribution is -2.35. The van der Waals surface area contributed by atoms with E-state index in [1.807, 2.05) is 30.5 Å². The Bertz CT molecular complexity index is 314. The molecule has 1 unspecified atom stereocenters. The first-order valence-corrected chi connectivity index (χ1v) is 7.02.